The van der Waals surface area contributed by atoms with Crippen molar-refractivity contribution in [1.82, 2.24) is 0 Å². The van der Waals surface area contributed by atoms with Crippen LogP contribution >= 0.6 is 6.80 Å². The highest BCUT2D eigenvalue weighted by molar-refractivity contribution is 8.46. The molecule has 10 heteroatoms. The zero-order chi connectivity index (χ0) is 9.28. The van der Waals surface area contributed by atoms with E-state index in [9.17, 15) is 17.8 Å². The van der Waals surface area contributed by atoms with Crippen molar-refractivity contribution in [3.05, 3.63) is 0 Å². The lowest BCUT2D eigenvalue weighted by molar-refractivity contribution is 0.205. The van der Waals surface area contributed by atoms with Gasteiger partial charge in [-0.25, -0.2) is 9.36 Å². The van der Waals surface area contributed by atoms with Gasteiger partial charge in [0, 0.05) is 0 Å². The van der Waals surface area contributed by atoms with Crippen molar-refractivity contribution in [2.75, 3.05) is 0 Å². The number of carbonyl (C=O) groups is 1. The first-order valence-corrected chi connectivity index (χ1v) is 5.58. The maximum absolute atomic E-state index is 10.2. The number of amides is 1. The van der Waals surface area contributed by atoms with Crippen LogP contribution < -0.4 is 5.73 Å². The molecule has 0 bridgehead atoms. The Bertz CT molecular complexity index is 302. The van der Waals surface area contributed by atoms with Gasteiger partial charge in [-0.2, -0.15) is 8.42 Å². The Morgan fingerprint density at radius 1 is 1.55 bits per heavy atom. The predicted molar refractivity (Wildman–Crippen MR) is 32.0 cm³/mol. The van der Waals surface area contributed by atoms with Crippen molar-refractivity contribution in [3.8, 4) is 0 Å². The second-order valence-electron chi connectivity index (χ2n) is 1.33. The minimum atomic E-state index is -5.38. The van der Waals surface area contributed by atoms with E-state index in [-0.39, 0.29) is 0 Å². The van der Waals surface area contributed by atoms with Crippen LogP contribution in [0.4, 0.5) is 4.79 Å². The molecular weight excluding hydrogens is 201 g/mol. The van der Waals surface area contributed by atoms with Gasteiger partial charge in [-0.05, 0) is 0 Å². The largest absolute Gasteiger partial charge is 0.522 e. The van der Waals surface area contributed by atoms with Crippen molar-refractivity contribution in [2.24, 2.45) is 5.73 Å². The maximum atomic E-state index is 10.2. The fourth-order valence-corrected chi connectivity index (χ4v) is 0.985. The minimum Gasteiger partial charge on any atom is -0.363 e. The van der Waals surface area contributed by atoms with Gasteiger partial charge in [-0.15, -0.1) is 0 Å². The molecule has 0 fully saturated rings. The summed E-state index contributed by atoms with van der Waals surface area (Å²) in [5.74, 6) is 0. The van der Waals surface area contributed by atoms with Crippen molar-refractivity contribution in [3.63, 3.8) is 0 Å². The number of rotatable bonds is 2. The van der Waals surface area contributed by atoms with Gasteiger partial charge in [-0.1, -0.05) is 0 Å². The summed E-state index contributed by atoms with van der Waals surface area (Å²) >= 11 is 0. The third kappa shape index (κ3) is 2.85. The quantitative estimate of drug-likeness (QED) is 0.390. The standard InChI is InChI=1S/CH4NO7PS/c2-1(3)9-10(4,5)11(6,7)8/h(H2,2,3)(H,4,5)(H,6,7,8). The topological polar surface area (TPSA) is 144 Å². The molecule has 0 heterocycles. The van der Waals surface area contributed by atoms with E-state index in [2.05, 4.69) is 10.3 Å². The average Bonchev–Trinajstić information content (AvgIpc) is 1.56. The van der Waals surface area contributed by atoms with Crippen LogP contribution in [0, 0.1) is 0 Å². The lowest BCUT2D eigenvalue weighted by Crippen LogP contribution is -2.14. The third-order valence-electron chi connectivity index (χ3n) is 0.497. The van der Waals surface area contributed by atoms with Gasteiger partial charge in [0.2, 0.25) is 0 Å². The van der Waals surface area contributed by atoms with E-state index in [0.717, 1.165) is 0 Å². The first-order chi connectivity index (χ1) is 4.67. The lowest BCUT2D eigenvalue weighted by atomic mass is 11.3. The lowest BCUT2D eigenvalue weighted by Gasteiger charge is -2.04. The van der Waals surface area contributed by atoms with Gasteiger partial charge in [0.05, 0.1) is 0 Å². The van der Waals surface area contributed by atoms with Crippen LogP contribution in [-0.2, 0) is 18.8 Å². The van der Waals surface area contributed by atoms with Crippen LogP contribution in [0.3, 0.4) is 0 Å². The van der Waals surface area contributed by atoms with Crippen LogP contribution in [0.2, 0.25) is 0 Å². The highest BCUT2D eigenvalue weighted by Gasteiger charge is 2.39. The summed E-state index contributed by atoms with van der Waals surface area (Å²) in [5, 5.41) is 0. The molecule has 8 nitrogen and oxygen atoms in total. The first-order valence-electron chi connectivity index (χ1n) is 1.96. The normalized spacial score (nSPS) is 16.9. The third-order valence-corrected chi connectivity index (χ3v) is 3.46. The summed E-state index contributed by atoms with van der Waals surface area (Å²) in [6.45, 7) is -5.38. The van der Waals surface area contributed by atoms with Crippen molar-refractivity contribution >= 4 is 22.6 Å². The molecule has 0 rings (SSSR count). The molecule has 0 spiro atoms. The molecule has 0 aliphatic carbocycles. The van der Waals surface area contributed by atoms with Crippen LogP contribution in [0.5, 0.6) is 0 Å². The van der Waals surface area contributed by atoms with Crippen molar-refractivity contribution < 1.29 is 31.7 Å². The Kier molecular flexibility index (Phi) is 2.62. The molecule has 1 amide bonds. The Balaban J connectivity index is 4.79. The molecule has 1 atom stereocenters. The molecule has 11 heavy (non-hydrogen) atoms. The van der Waals surface area contributed by atoms with E-state index in [0.29, 0.717) is 0 Å². The van der Waals surface area contributed by atoms with E-state index < -0.39 is 22.6 Å². The molecule has 0 aromatic carbocycles. The monoisotopic (exact) mass is 205 g/mol. The Labute approximate surface area is 61.0 Å². The molecule has 66 valence electrons. The van der Waals surface area contributed by atoms with Gasteiger partial charge in [0.1, 0.15) is 0 Å². The van der Waals surface area contributed by atoms with Gasteiger partial charge < -0.3 is 15.2 Å². The Morgan fingerprint density at radius 2 is 1.91 bits per heavy atom. The number of primary amides is 1. The van der Waals surface area contributed by atoms with Crippen molar-refractivity contribution in [1.29, 1.82) is 0 Å². The van der Waals surface area contributed by atoms with Crippen LogP contribution in [0.15, 0.2) is 0 Å². The predicted octanol–water partition coefficient (Wildman–Crippen LogP) is -0.930. The number of hydrogen-bond donors (Lipinski definition) is 3. The van der Waals surface area contributed by atoms with Crippen LogP contribution in [-0.4, -0.2) is 24.0 Å². The summed E-state index contributed by atoms with van der Waals surface area (Å²) in [7, 11) is -5.31. The van der Waals surface area contributed by atoms with Gasteiger partial charge in [-0.3, -0.25) is 4.55 Å². The average molecular weight is 205 g/mol. The Morgan fingerprint density at radius 3 is 2.00 bits per heavy atom. The summed E-state index contributed by atoms with van der Waals surface area (Å²) in [5.41, 5.74) is 4.21. The smallest absolute Gasteiger partial charge is 0.363 e. The fraction of sp³-hybridized carbons (Fsp3) is 0. The summed E-state index contributed by atoms with van der Waals surface area (Å²) in [6.07, 6.45) is -1.77. The first kappa shape index (κ1) is 10.4. The molecule has 1 unspecified atom stereocenters. The van der Waals surface area contributed by atoms with Gasteiger partial charge in [0.25, 0.3) is 0 Å². The van der Waals surface area contributed by atoms with E-state index in [1.54, 1.807) is 0 Å². The summed E-state index contributed by atoms with van der Waals surface area (Å²) in [6, 6.07) is 0. The molecule has 0 aromatic heterocycles. The van der Waals surface area contributed by atoms with E-state index in [4.69, 9.17) is 9.45 Å². The van der Waals surface area contributed by atoms with Crippen LogP contribution in [0.25, 0.3) is 0 Å². The minimum absolute atomic E-state index is 1.77. The van der Waals surface area contributed by atoms with Crippen molar-refractivity contribution in [2.45, 2.75) is 0 Å². The summed E-state index contributed by atoms with van der Waals surface area (Å²) in [4.78, 5) is 18.0. The second kappa shape index (κ2) is 2.78. The SMILES string of the molecule is NC(=O)OP(=O)(O)S(=O)(=O)O. The van der Waals surface area contributed by atoms with E-state index in [1.807, 2.05) is 0 Å². The Hall–Kier alpha value is -0.630. The number of hydrogen-bond acceptors (Lipinski definition) is 5. The highest BCUT2D eigenvalue weighted by Crippen LogP contribution is 2.47. The number of nitrogens with two attached hydrogens (primary N) is 1. The number of carbonyl (C=O) groups excluding carboxylic acids is 1. The zero-order valence-corrected chi connectivity index (χ0v) is 6.58. The van der Waals surface area contributed by atoms with Gasteiger partial charge in [0.15, 0.2) is 0 Å². The zero-order valence-electron chi connectivity index (χ0n) is 4.87. The molecule has 4 N–H and O–H groups in total. The van der Waals surface area contributed by atoms with Crippen LogP contribution in [0.1, 0.15) is 0 Å². The van der Waals surface area contributed by atoms with Gasteiger partial charge >= 0.3 is 22.6 Å². The molecule has 0 aromatic rings. The highest BCUT2D eigenvalue weighted by atomic mass is 32.8. The molecule has 0 radical (unpaired) electrons. The fourth-order valence-electron chi connectivity index (χ4n) is 0.161. The maximum Gasteiger partial charge on any atom is 0.522 e. The van der Waals surface area contributed by atoms with E-state index in [1.165, 1.54) is 0 Å². The molecule has 0 saturated heterocycles. The summed E-state index contributed by atoms with van der Waals surface area (Å²) < 4.78 is 41.2. The second-order valence-corrected chi connectivity index (χ2v) is 6.11. The molecular formula is CH4NO7PS. The molecule has 0 aliphatic rings. The molecule has 0 aliphatic heterocycles. The van der Waals surface area contributed by atoms with E-state index >= 15 is 0 Å². The molecule has 0 saturated carbocycles.